The summed E-state index contributed by atoms with van der Waals surface area (Å²) in [5.41, 5.74) is -0.291. The lowest BCUT2D eigenvalue weighted by Crippen LogP contribution is -2.43. The summed E-state index contributed by atoms with van der Waals surface area (Å²) in [6, 6.07) is 2.77. The van der Waals surface area contributed by atoms with Crippen molar-refractivity contribution in [2.45, 2.75) is 31.6 Å². The normalized spacial score (nSPS) is 21.5. The van der Waals surface area contributed by atoms with Crippen molar-refractivity contribution in [3.63, 3.8) is 0 Å². The molecule has 0 aliphatic carbocycles. The second kappa shape index (κ2) is 6.41. The predicted molar refractivity (Wildman–Crippen MR) is 69.6 cm³/mol. The van der Waals surface area contributed by atoms with Gasteiger partial charge in [-0.05, 0) is 25.5 Å². The number of morpholine rings is 1. The molecule has 0 bridgehead atoms. The lowest BCUT2D eigenvalue weighted by atomic mass is 10.1. The van der Waals surface area contributed by atoms with Crippen molar-refractivity contribution >= 4 is 5.69 Å². The molecule has 2 N–H and O–H groups in total. The molecule has 0 saturated carbocycles. The Hall–Kier alpha value is -1.34. The van der Waals surface area contributed by atoms with Crippen molar-refractivity contribution in [3.05, 3.63) is 24.0 Å². The van der Waals surface area contributed by atoms with Gasteiger partial charge >= 0.3 is 6.18 Å². The molecule has 2 rings (SSSR count). The first kappa shape index (κ1) is 15.1. The fraction of sp³-hybridized carbons (Fsp3) is 0.615. The maximum Gasteiger partial charge on any atom is 0.433 e. The Morgan fingerprint density at radius 1 is 1.50 bits per heavy atom. The van der Waals surface area contributed by atoms with Crippen molar-refractivity contribution in [3.8, 4) is 0 Å². The molecule has 1 saturated heterocycles. The molecule has 2 atom stereocenters. The first-order valence-electron chi connectivity index (χ1n) is 6.56. The highest BCUT2D eigenvalue weighted by Gasteiger charge is 2.32. The third kappa shape index (κ3) is 4.35. The second-order valence-corrected chi connectivity index (χ2v) is 4.94. The van der Waals surface area contributed by atoms with Crippen LogP contribution in [0.25, 0.3) is 0 Å². The van der Waals surface area contributed by atoms with Crippen LogP contribution in [0.2, 0.25) is 0 Å². The predicted octanol–water partition coefficient (Wildman–Crippen LogP) is 2.28. The van der Waals surface area contributed by atoms with E-state index in [1.54, 1.807) is 0 Å². The van der Waals surface area contributed by atoms with Gasteiger partial charge in [-0.15, -0.1) is 0 Å². The van der Waals surface area contributed by atoms with Crippen LogP contribution < -0.4 is 10.6 Å². The van der Waals surface area contributed by atoms with Crippen LogP contribution in [0.1, 0.15) is 19.0 Å². The van der Waals surface area contributed by atoms with Gasteiger partial charge in [0, 0.05) is 18.6 Å². The summed E-state index contributed by atoms with van der Waals surface area (Å²) in [6.45, 7) is 4.20. The summed E-state index contributed by atoms with van der Waals surface area (Å²) < 4.78 is 42.5. The zero-order chi connectivity index (χ0) is 14.6. The Labute approximate surface area is 115 Å². The molecule has 1 aliphatic rings. The summed E-state index contributed by atoms with van der Waals surface area (Å²) in [5, 5.41) is 6.48. The lowest BCUT2D eigenvalue weighted by molar-refractivity contribution is -0.141. The zero-order valence-corrected chi connectivity index (χ0v) is 11.2. The van der Waals surface area contributed by atoms with E-state index in [9.17, 15) is 13.2 Å². The quantitative estimate of drug-likeness (QED) is 0.892. The molecule has 4 nitrogen and oxygen atoms in total. The third-order valence-corrected chi connectivity index (χ3v) is 3.10. The molecule has 1 aliphatic heterocycles. The van der Waals surface area contributed by atoms with Gasteiger partial charge in [0.15, 0.2) is 0 Å². The van der Waals surface area contributed by atoms with Crippen LogP contribution in [0.4, 0.5) is 18.9 Å². The number of pyridine rings is 1. The number of rotatable bonds is 4. The number of ether oxygens (including phenoxy) is 1. The van der Waals surface area contributed by atoms with Crippen molar-refractivity contribution < 1.29 is 17.9 Å². The number of aromatic nitrogens is 1. The maximum atomic E-state index is 12.4. The van der Waals surface area contributed by atoms with Crippen LogP contribution in [0, 0.1) is 0 Å². The molecule has 2 unspecified atom stereocenters. The molecule has 0 aromatic carbocycles. The molecule has 0 radical (unpaired) electrons. The number of nitrogens with zero attached hydrogens (tertiary/aromatic N) is 1. The highest BCUT2D eigenvalue weighted by molar-refractivity contribution is 5.42. The lowest BCUT2D eigenvalue weighted by Gasteiger charge is -2.27. The monoisotopic (exact) mass is 289 g/mol. The number of alkyl halides is 3. The molecule has 2 heterocycles. The number of hydrogen-bond donors (Lipinski definition) is 2. The molecule has 1 aromatic heterocycles. The smallest absolute Gasteiger partial charge is 0.381 e. The average Bonchev–Trinajstić information content (AvgIpc) is 2.39. The first-order valence-corrected chi connectivity index (χ1v) is 6.56. The first-order chi connectivity index (χ1) is 9.45. The fourth-order valence-electron chi connectivity index (χ4n) is 2.19. The Morgan fingerprint density at radius 3 is 2.85 bits per heavy atom. The van der Waals surface area contributed by atoms with E-state index in [1.165, 1.54) is 12.3 Å². The highest BCUT2D eigenvalue weighted by atomic mass is 19.4. The Bertz CT molecular complexity index is 416. The van der Waals surface area contributed by atoms with Gasteiger partial charge in [-0.2, -0.15) is 13.2 Å². The zero-order valence-electron chi connectivity index (χ0n) is 11.2. The molecule has 112 valence electrons. The standard InChI is InChI=1S/C13H18F3N3O/c1-9(6-11-8-20-5-4-17-11)19-10-2-3-12(18-7-10)13(14,15)16/h2-3,7,9,11,17,19H,4-6,8H2,1H3. The van der Waals surface area contributed by atoms with E-state index in [-0.39, 0.29) is 12.1 Å². The molecule has 7 heteroatoms. The summed E-state index contributed by atoms with van der Waals surface area (Å²) in [4.78, 5) is 3.42. The van der Waals surface area contributed by atoms with Gasteiger partial charge in [0.05, 0.1) is 25.1 Å². The minimum atomic E-state index is -4.40. The van der Waals surface area contributed by atoms with Crippen LogP contribution in [0.5, 0.6) is 0 Å². The van der Waals surface area contributed by atoms with Crippen LogP contribution in [-0.4, -0.2) is 36.8 Å². The van der Waals surface area contributed by atoms with E-state index < -0.39 is 11.9 Å². The number of halogens is 3. The van der Waals surface area contributed by atoms with Crippen molar-refractivity contribution in [1.29, 1.82) is 0 Å². The molecular weight excluding hydrogens is 271 g/mol. The van der Waals surface area contributed by atoms with Crippen LogP contribution in [-0.2, 0) is 10.9 Å². The summed E-state index contributed by atoms with van der Waals surface area (Å²) >= 11 is 0. The van der Waals surface area contributed by atoms with Gasteiger partial charge in [0.2, 0.25) is 0 Å². The van der Waals surface area contributed by atoms with Crippen LogP contribution in [0.15, 0.2) is 18.3 Å². The van der Waals surface area contributed by atoms with E-state index in [0.717, 1.165) is 25.6 Å². The second-order valence-electron chi connectivity index (χ2n) is 4.94. The maximum absolute atomic E-state index is 12.4. The van der Waals surface area contributed by atoms with Crippen molar-refractivity contribution in [1.82, 2.24) is 10.3 Å². The largest absolute Gasteiger partial charge is 0.433 e. The van der Waals surface area contributed by atoms with Crippen LogP contribution >= 0.6 is 0 Å². The van der Waals surface area contributed by atoms with Crippen molar-refractivity contribution in [2.75, 3.05) is 25.1 Å². The number of anilines is 1. The van der Waals surface area contributed by atoms with Gasteiger partial charge in [-0.3, -0.25) is 0 Å². The minimum Gasteiger partial charge on any atom is -0.381 e. The summed E-state index contributed by atoms with van der Waals surface area (Å²) in [5.74, 6) is 0. The van der Waals surface area contributed by atoms with Gasteiger partial charge in [0.1, 0.15) is 5.69 Å². The number of nitrogens with one attached hydrogen (secondary N) is 2. The minimum absolute atomic E-state index is 0.118. The van der Waals surface area contributed by atoms with E-state index in [2.05, 4.69) is 15.6 Å². The van der Waals surface area contributed by atoms with Gasteiger partial charge in [-0.25, -0.2) is 4.98 Å². The van der Waals surface area contributed by atoms with Gasteiger partial charge in [0.25, 0.3) is 0 Å². The molecular formula is C13H18F3N3O. The Morgan fingerprint density at radius 2 is 2.30 bits per heavy atom. The number of hydrogen-bond acceptors (Lipinski definition) is 4. The van der Waals surface area contributed by atoms with E-state index in [4.69, 9.17) is 4.74 Å². The molecule has 1 aromatic rings. The fourth-order valence-corrected chi connectivity index (χ4v) is 2.19. The summed E-state index contributed by atoms with van der Waals surface area (Å²) in [7, 11) is 0. The van der Waals surface area contributed by atoms with E-state index in [0.29, 0.717) is 12.3 Å². The Balaban J connectivity index is 1.86. The molecule has 1 fully saturated rings. The Kier molecular flexibility index (Phi) is 4.82. The summed E-state index contributed by atoms with van der Waals surface area (Å²) in [6.07, 6.45) is -2.35. The van der Waals surface area contributed by atoms with Gasteiger partial charge < -0.3 is 15.4 Å². The van der Waals surface area contributed by atoms with E-state index >= 15 is 0 Å². The van der Waals surface area contributed by atoms with Gasteiger partial charge in [-0.1, -0.05) is 0 Å². The molecule has 0 amide bonds. The van der Waals surface area contributed by atoms with E-state index in [1.807, 2.05) is 6.92 Å². The third-order valence-electron chi connectivity index (χ3n) is 3.10. The molecule has 0 spiro atoms. The SMILES string of the molecule is CC(CC1COCCN1)Nc1ccc(C(F)(F)F)nc1. The topological polar surface area (TPSA) is 46.2 Å². The van der Waals surface area contributed by atoms with Crippen LogP contribution in [0.3, 0.4) is 0 Å². The average molecular weight is 289 g/mol. The molecule has 20 heavy (non-hydrogen) atoms. The highest BCUT2D eigenvalue weighted by Crippen LogP contribution is 2.27. The van der Waals surface area contributed by atoms with Crippen molar-refractivity contribution in [2.24, 2.45) is 0 Å².